The van der Waals surface area contributed by atoms with E-state index in [9.17, 15) is 18.8 Å². The first kappa shape index (κ1) is 22.3. The van der Waals surface area contributed by atoms with Gasteiger partial charge in [0.1, 0.15) is 11.6 Å². The van der Waals surface area contributed by atoms with Gasteiger partial charge in [0.2, 0.25) is 0 Å². The highest BCUT2D eigenvalue weighted by Gasteiger charge is 2.39. The van der Waals surface area contributed by atoms with Gasteiger partial charge < -0.3 is 25.3 Å². The van der Waals surface area contributed by atoms with Crippen LogP contribution in [0.4, 0.5) is 10.6 Å². The number of carbonyl (C=O) groups excluding carboxylic acids is 1. The number of phosphoric ester groups is 1. The van der Waals surface area contributed by atoms with Crippen molar-refractivity contribution < 1.29 is 37.4 Å². The Kier molecular flexibility index (Phi) is 7.04. The topological polar surface area (TPSA) is 185 Å². The quantitative estimate of drug-likeness (QED) is 0.425. The Morgan fingerprint density at radius 1 is 1.37 bits per heavy atom. The molecule has 0 radical (unpaired) electrons. The van der Waals surface area contributed by atoms with Crippen molar-refractivity contribution in [3.63, 3.8) is 0 Å². The van der Waals surface area contributed by atoms with Crippen LogP contribution in [0.25, 0.3) is 0 Å². The molecule has 1 unspecified atom stereocenters. The smallest absolute Gasteiger partial charge is 0.383 e. The van der Waals surface area contributed by atoms with E-state index < -0.39 is 15.6 Å². The van der Waals surface area contributed by atoms with Crippen molar-refractivity contribution in [3.05, 3.63) is 17.6 Å². The zero-order chi connectivity index (χ0) is 20.4. The second kappa shape index (κ2) is 8.54. The molecule has 0 aromatic carbocycles. The second-order valence-corrected chi connectivity index (χ2v) is 9.80. The molecule has 152 valence electrons. The van der Waals surface area contributed by atoms with Crippen LogP contribution in [0.2, 0.25) is 0 Å². The van der Waals surface area contributed by atoms with E-state index in [1.807, 2.05) is 0 Å². The van der Waals surface area contributed by atoms with Crippen LogP contribution in [0.1, 0.15) is 24.7 Å². The largest absolute Gasteiger partial charge is 0.481 e. The number of phosphoric acid groups is 2. The van der Waals surface area contributed by atoms with Crippen LogP contribution in [0.5, 0.6) is 0 Å². The molecule has 0 aliphatic carbocycles. The number of nitrogen functional groups attached to an aromatic ring is 1. The summed E-state index contributed by atoms with van der Waals surface area (Å²) in [5.74, 6) is 0.808. The zero-order valence-corrected chi connectivity index (χ0v) is 17.1. The maximum absolute atomic E-state index is 12.3. The molecule has 2 rings (SSSR count). The van der Waals surface area contributed by atoms with E-state index in [0.29, 0.717) is 11.4 Å². The van der Waals surface area contributed by atoms with Crippen LogP contribution in [0.3, 0.4) is 0 Å². The van der Waals surface area contributed by atoms with E-state index in [1.165, 1.54) is 0 Å². The summed E-state index contributed by atoms with van der Waals surface area (Å²) in [5.41, 5.74) is 6.46. The summed E-state index contributed by atoms with van der Waals surface area (Å²) in [6.07, 6.45) is 1.74. The fraction of sp³-hybridized carbons (Fsp3) is 0.583. The summed E-state index contributed by atoms with van der Waals surface area (Å²) >= 11 is 1.03. The minimum absolute atomic E-state index is 0.184. The Labute approximate surface area is 159 Å². The lowest BCUT2D eigenvalue weighted by molar-refractivity contribution is 0.170. The van der Waals surface area contributed by atoms with Crippen molar-refractivity contribution in [2.45, 2.75) is 38.1 Å². The molecule has 1 amide bonds. The Bertz CT molecular complexity index is 806. The molecule has 1 aromatic heterocycles. The van der Waals surface area contributed by atoms with Crippen molar-refractivity contribution in [1.82, 2.24) is 14.9 Å². The maximum atomic E-state index is 12.3. The van der Waals surface area contributed by atoms with E-state index in [-0.39, 0.29) is 41.9 Å². The van der Waals surface area contributed by atoms with Crippen LogP contribution in [0, 0.1) is 6.92 Å². The van der Waals surface area contributed by atoms with Gasteiger partial charge in [0.15, 0.2) is 0 Å². The summed E-state index contributed by atoms with van der Waals surface area (Å²) in [4.78, 5) is 48.3. The summed E-state index contributed by atoms with van der Waals surface area (Å²) in [5, 5.41) is -0.466. The third-order valence-electron chi connectivity index (χ3n) is 3.74. The lowest BCUT2D eigenvalue weighted by atomic mass is 10.1. The normalized spacial score (nSPS) is 22.9. The van der Waals surface area contributed by atoms with Crippen LogP contribution in [0.15, 0.2) is 6.20 Å². The lowest BCUT2D eigenvalue weighted by Gasteiger charge is -2.24. The number of thioether (sulfide) groups is 1. The molecular formula is C12H20N4O8P2S. The standard InChI is InChI=1S/C12H20N4O8P2S/c1-7-10(3-4-23-26(21,22)24-25(18,19)20)27-12(17)16(7)6-9-5-14-8(2)15-11(9)13/h5,7,10H,3-4,6H2,1-2H3,(H,21,22)(H2,13,14,15)(H2,18,19,20)/t7-,10-/m0/s1. The molecule has 0 spiro atoms. The molecule has 3 atom stereocenters. The van der Waals surface area contributed by atoms with Crippen molar-refractivity contribution in [2.75, 3.05) is 12.3 Å². The van der Waals surface area contributed by atoms with Gasteiger partial charge in [-0.05, 0) is 20.3 Å². The highest BCUT2D eigenvalue weighted by atomic mass is 32.2. The molecule has 1 fully saturated rings. The van der Waals surface area contributed by atoms with Crippen LogP contribution < -0.4 is 5.73 Å². The second-order valence-electron chi connectivity index (χ2n) is 5.78. The minimum atomic E-state index is -5.16. The molecular weight excluding hydrogens is 422 g/mol. The number of hydrogen-bond acceptors (Lipinski definition) is 9. The van der Waals surface area contributed by atoms with Gasteiger partial charge in [-0.3, -0.25) is 9.32 Å². The monoisotopic (exact) mass is 442 g/mol. The van der Waals surface area contributed by atoms with Crippen LogP contribution in [-0.2, 0) is 24.5 Å². The molecule has 5 N–H and O–H groups in total. The number of aromatic nitrogens is 2. The van der Waals surface area contributed by atoms with Crippen molar-refractivity contribution in [1.29, 1.82) is 0 Å². The van der Waals surface area contributed by atoms with E-state index in [2.05, 4.69) is 18.8 Å². The molecule has 1 aromatic rings. The molecule has 1 saturated heterocycles. The predicted molar refractivity (Wildman–Crippen MR) is 96.5 cm³/mol. The predicted octanol–water partition coefficient (Wildman–Crippen LogP) is 1.41. The van der Waals surface area contributed by atoms with E-state index in [4.69, 9.17) is 15.5 Å². The van der Waals surface area contributed by atoms with E-state index in [0.717, 1.165) is 11.8 Å². The number of anilines is 1. The number of nitrogens with zero attached hydrogens (tertiary/aromatic N) is 3. The number of carbonyl (C=O) groups is 1. The Morgan fingerprint density at radius 3 is 2.63 bits per heavy atom. The maximum Gasteiger partial charge on any atom is 0.481 e. The zero-order valence-electron chi connectivity index (χ0n) is 14.5. The molecule has 15 heteroatoms. The molecule has 1 aliphatic heterocycles. The number of hydrogen-bond donors (Lipinski definition) is 4. The fourth-order valence-electron chi connectivity index (χ4n) is 2.43. The summed E-state index contributed by atoms with van der Waals surface area (Å²) in [6.45, 7) is 3.40. The van der Waals surface area contributed by atoms with Crippen molar-refractivity contribution >= 4 is 38.5 Å². The fourth-order valence-corrected chi connectivity index (χ4v) is 5.21. The number of amides is 1. The van der Waals surface area contributed by atoms with E-state index in [1.54, 1.807) is 24.9 Å². The molecule has 27 heavy (non-hydrogen) atoms. The summed E-state index contributed by atoms with van der Waals surface area (Å²) < 4.78 is 30.3. The van der Waals surface area contributed by atoms with Gasteiger partial charge in [0, 0.05) is 23.1 Å². The van der Waals surface area contributed by atoms with Gasteiger partial charge in [-0.25, -0.2) is 19.1 Å². The lowest BCUT2D eigenvalue weighted by Crippen LogP contribution is -2.34. The van der Waals surface area contributed by atoms with Crippen LogP contribution >= 0.6 is 27.4 Å². The number of aryl methyl sites for hydroxylation is 1. The van der Waals surface area contributed by atoms with E-state index >= 15 is 0 Å². The summed E-state index contributed by atoms with van der Waals surface area (Å²) in [7, 11) is -10.1. The first-order valence-electron chi connectivity index (χ1n) is 7.67. The first-order valence-corrected chi connectivity index (χ1v) is 11.6. The number of nitrogens with two attached hydrogens (primary N) is 1. The van der Waals surface area contributed by atoms with Gasteiger partial charge >= 0.3 is 15.6 Å². The van der Waals surface area contributed by atoms with Gasteiger partial charge in [0.25, 0.3) is 5.24 Å². The van der Waals surface area contributed by atoms with Crippen molar-refractivity contribution in [2.24, 2.45) is 0 Å². The Balaban J connectivity index is 1.92. The molecule has 2 heterocycles. The highest BCUT2D eigenvalue weighted by molar-refractivity contribution is 8.14. The third-order valence-corrected chi connectivity index (χ3v) is 7.30. The average molecular weight is 442 g/mol. The van der Waals surface area contributed by atoms with Gasteiger partial charge in [-0.15, -0.1) is 0 Å². The Hall–Kier alpha value is -1.04. The first-order chi connectivity index (χ1) is 12.4. The van der Waals surface area contributed by atoms with Gasteiger partial charge in [-0.2, -0.15) is 4.31 Å². The van der Waals surface area contributed by atoms with Gasteiger partial charge in [-0.1, -0.05) is 11.8 Å². The summed E-state index contributed by atoms with van der Waals surface area (Å²) in [6, 6.07) is -0.243. The highest BCUT2D eigenvalue weighted by Crippen LogP contribution is 2.57. The third kappa shape index (κ3) is 6.51. The SMILES string of the molecule is Cc1ncc(CN2C(=O)S[C@@H](CCOP(=O)(O)OP(=O)(O)O)[C@@H]2C)c(N)n1. The minimum Gasteiger partial charge on any atom is -0.383 e. The average Bonchev–Trinajstić information content (AvgIpc) is 2.74. The number of rotatable bonds is 8. The molecule has 0 bridgehead atoms. The van der Waals surface area contributed by atoms with Crippen molar-refractivity contribution in [3.8, 4) is 0 Å². The van der Waals surface area contributed by atoms with Gasteiger partial charge in [0.05, 0.1) is 13.2 Å². The Morgan fingerprint density at radius 2 is 2.04 bits per heavy atom. The van der Waals surface area contributed by atoms with Crippen LogP contribution in [-0.4, -0.2) is 52.7 Å². The molecule has 0 saturated carbocycles. The molecule has 1 aliphatic rings. The molecule has 12 nitrogen and oxygen atoms in total.